The Balaban J connectivity index is 1.23. The Hall–Kier alpha value is -4.67. The summed E-state index contributed by atoms with van der Waals surface area (Å²) in [7, 11) is 0. The summed E-state index contributed by atoms with van der Waals surface area (Å²) in [5.41, 5.74) is 2.25. The van der Waals surface area contributed by atoms with Crippen LogP contribution in [0.15, 0.2) is 118 Å². The Kier molecular flexibility index (Phi) is 11.1. The number of anilines is 2. The van der Waals surface area contributed by atoms with Gasteiger partial charge in [0.15, 0.2) is 0 Å². The van der Waals surface area contributed by atoms with Gasteiger partial charge in [-0.2, -0.15) is 0 Å². The van der Waals surface area contributed by atoms with Crippen molar-refractivity contribution in [2.75, 3.05) is 16.8 Å². The first kappa shape index (κ1) is 32.7. The number of imide groups is 1. The SMILES string of the molecule is CCCCOc1ccc(N2C(=O)CC(Sc3ccc(NC(=O)/C(=C/c4ccc(Br)cc4)NC(=O)c4ccccc4)cc3)C2=O)cc1. The van der Waals surface area contributed by atoms with Crippen LogP contribution in [0.25, 0.3) is 6.08 Å². The van der Waals surface area contributed by atoms with Gasteiger partial charge in [-0.3, -0.25) is 19.2 Å². The van der Waals surface area contributed by atoms with Crippen molar-refractivity contribution in [3.05, 3.63) is 124 Å². The molecule has 1 unspecified atom stereocenters. The Labute approximate surface area is 280 Å². The lowest BCUT2D eigenvalue weighted by molar-refractivity contribution is -0.121. The van der Waals surface area contributed by atoms with Crippen LogP contribution in [0.1, 0.15) is 42.1 Å². The van der Waals surface area contributed by atoms with E-state index in [0.29, 0.717) is 29.3 Å². The molecule has 4 aromatic rings. The van der Waals surface area contributed by atoms with Crippen LogP contribution in [-0.2, 0) is 14.4 Å². The second-order valence-electron chi connectivity index (χ2n) is 10.5. The molecule has 1 saturated heterocycles. The summed E-state index contributed by atoms with van der Waals surface area (Å²) in [5.74, 6) is -0.741. The van der Waals surface area contributed by atoms with E-state index in [2.05, 4.69) is 33.5 Å². The van der Waals surface area contributed by atoms with Crippen LogP contribution < -0.4 is 20.3 Å². The molecule has 0 spiro atoms. The first-order valence-corrected chi connectivity index (χ1v) is 16.5. The van der Waals surface area contributed by atoms with Crippen molar-refractivity contribution in [2.45, 2.75) is 36.3 Å². The van der Waals surface area contributed by atoms with Crippen LogP contribution in [0.2, 0.25) is 0 Å². The summed E-state index contributed by atoms with van der Waals surface area (Å²) in [6.45, 7) is 2.71. The van der Waals surface area contributed by atoms with Gasteiger partial charge >= 0.3 is 0 Å². The summed E-state index contributed by atoms with van der Waals surface area (Å²) in [4.78, 5) is 54.3. The van der Waals surface area contributed by atoms with Gasteiger partial charge in [-0.15, -0.1) is 11.8 Å². The number of thioether (sulfide) groups is 1. The van der Waals surface area contributed by atoms with Gasteiger partial charge in [-0.05, 0) is 90.9 Å². The van der Waals surface area contributed by atoms with Gasteiger partial charge in [0, 0.05) is 27.0 Å². The number of rotatable bonds is 12. The van der Waals surface area contributed by atoms with Gasteiger partial charge in [0.2, 0.25) is 11.8 Å². The molecule has 4 amide bonds. The largest absolute Gasteiger partial charge is 0.494 e. The molecule has 1 heterocycles. The average Bonchev–Trinajstić information content (AvgIpc) is 3.35. The molecule has 2 N–H and O–H groups in total. The Bertz CT molecular complexity index is 1730. The Morgan fingerprint density at radius 1 is 0.935 bits per heavy atom. The van der Waals surface area contributed by atoms with Crippen LogP contribution in [0, 0.1) is 0 Å². The molecular formula is C36H32BrN3O5S. The van der Waals surface area contributed by atoms with Crippen LogP contribution in [0.3, 0.4) is 0 Å². The zero-order chi connectivity index (χ0) is 32.5. The summed E-state index contributed by atoms with van der Waals surface area (Å²) in [6, 6.07) is 30.0. The molecule has 5 rings (SSSR count). The zero-order valence-electron chi connectivity index (χ0n) is 25.1. The highest BCUT2D eigenvalue weighted by molar-refractivity contribution is 9.10. The van der Waals surface area contributed by atoms with Crippen LogP contribution in [0.5, 0.6) is 5.75 Å². The molecule has 4 aromatic carbocycles. The van der Waals surface area contributed by atoms with E-state index in [1.807, 2.05) is 30.3 Å². The Morgan fingerprint density at radius 3 is 2.30 bits per heavy atom. The van der Waals surface area contributed by atoms with E-state index in [4.69, 9.17) is 4.74 Å². The van der Waals surface area contributed by atoms with Crippen molar-refractivity contribution in [3.63, 3.8) is 0 Å². The number of carbonyl (C=O) groups is 4. The minimum absolute atomic E-state index is 0.0744. The standard InChI is InChI=1S/C36H32BrN3O5S/c1-2-3-21-45-29-17-15-28(16-18-29)40-33(41)23-32(36(40)44)46-30-19-13-27(14-20-30)38-35(43)31(22-24-9-11-26(37)12-10-24)39-34(42)25-7-5-4-6-8-25/h4-20,22,32H,2-3,21,23H2,1H3,(H,38,43)(H,39,42)/b31-22-. The van der Waals surface area contributed by atoms with Crippen LogP contribution >= 0.6 is 27.7 Å². The van der Waals surface area contributed by atoms with Crippen molar-refractivity contribution >= 4 is 68.8 Å². The van der Waals surface area contributed by atoms with Gasteiger partial charge in [0.25, 0.3) is 11.8 Å². The van der Waals surface area contributed by atoms with Crippen molar-refractivity contribution < 1.29 is 23.9 Å². The number of nitrogens with one attached hydrogen (secondary N) is 2. The zero-order valence-corrected chi connectivity index (χ0v) is 27.5. The van der Waals surface area contributed by atoms with Gasteiger partial charge < -0.3 is 15.4 Å². The highest BCUT2D eigenvalue weighted by Gasteiger charge is 2.40. The molecule has 0 saturated carbocycles. The molecule has 1 fully saturated rings. The minimum Gasteiger partial charge on any atom is -0.494 e. The fraction of sp³-hybridized carbons (Fsp3) is 0.167. The first-order chi connectivity index (χ1) is 22.3. The van der Waals surface area contributed by atoms with Crippen molar-refractivity contribution in [1.29, 1.82) is 0 Å². The smallest absolute Gasteiger partial charge is 0.272 e. The van der Waals surface area contributed by atoms with Gasteiger partial charge in [0.05, 0.1) is 17.5 Å². The van der Waals surface area contributed by atoms with Crippen molar-refractivity contribution in [2.24, 2.45) is 0 Å². The number of nitrogens with zero attached hydrogens (tertiary/aromatic N) is 1. The maximum atomic E-state index is 13.3. The molecule has 0 radical (unpaired) electrons. The van der Waals surface area contributed by atoms with E-state index >= 15 is 0 Å². The maximum Gasteiger partial charge on any atom is 0.272 e. The number of benzene rings is 4. The topological polar surface area (TPSA) is 105 Å². The lowest BCUT2D eigenvalue weighted by Gasteiger charge is -2.16. The third-order valence-electron chi connectivity index (χ3n) is 7.07. The molecule has 8 nitrogen and oxygen atoms in total. The number of ether oxygens (including phenoxy) is 1. The van der Waals surface area contributed by atoms with Gasteiger partial charge in [0.1, 0.15) is 11.4 Å². The highest BCUT2D eigenvalue weighted by atomic mass is 79.9. The van der Waals surface area contributed by atoms with Crippen molar-refractivity contribution in [1.82, 2.24) is 5.32 Å². The number of hydrogen-bond acceptors (Lipinski definition) is 6. The van der Waals surface area contributed by atoms with Crippen LogP contribution in [-0.4, -0.2) is 35.5 Å². The first-order valence-electron chi connectivity index (χ1n) is 14.8. The van der Waals surface area contributed by atoms with E-state index < -0.39 is 17.1 Å². The quantitative estimate of drug-likeness (QED) is 0.0905. The molecule has 46 heavy (non-hydrogen) atoms. The molecule has 234 valence electrons. The van der Waals surface area contributed by atoms with E-state index in [1.165, 1.54) is 16.7 Å². The Morgan fingerprint density at radius 2 is 1.63 bits per heavy atom. The fourth-order valence-electron chi connectivity index (χ4n) is 4.64. The van der Waals surface area contributed by atoms with E-state index in [1.54, 1.807) is 78.9 Å². The number of hydrogen-bond donors (Lipinski definition) is 2. The fourth-order valence-corrected chi connectivity index (χ4v) is 5.96. The molecule has 1 aliphatic rings. The molecule has 1 atom stereocenters. The van der Waals surface area contributed by atoms with E-state index in [0.717, 1.165) is 27.8 Å². The minimum atomic E-state index is -0.568. The third kappa shape index (κ3) is 8.52. The number of halogens is 1. The normalized spacial score (nSPS) is 14.7. The second kappa shape index (κ2) is 15.6. The number of unbranched alkanes of at least 4 members (excludes halogenated alkanes) is 1. The average molecular weight is 699 g/mol. The second-order valence-corrected chi connectivity index (χ2v) is 12.7. The van der Waals surface area contributed by atoms with Gasteiger partial charge in [-0.25, -0.2) is 4.90 Å². The predicted molar refractivity (Wildman–Crippen MR) is 185 cm³/mol. The monoisotopic (exact) mass is 697 g/mol. The molecule has 10 heteroatoms. The third-order valence-corrected chi connectivity index (χ3v) is 8.79. The summed E-state index contributed by atoms with van der Waals surface area (Å²) < 4.78 is 6.58. The van der Waals surface area contributed by atoms with E-state index in [-0.39, 0.29) is 23.9 Å². The van der Waals surface area contributed by atoms with Crippen molar-refractivity contribution in [3.8, 4) is 5.75 Å². The summed E-state index contributed by atoms with van der Waals surface area (Å²) in [5, 5.41) is 5.00. The number of amides is 4. The lowest BCUT2D eigenvalue weighted by Crippen LogP contribution is -2.31. The van der Waals surface area contributed by atoms with Crippen LogP contribution in [0.4, 0.5) is 11.4 Å². The van der Waals surface area contributed by atoms with E-state index in [9.17, 15) is 19.2 Å². The summed E-state index contributed by atoms with van der Waals surface area (Å²) >= 11 is 4.71. The molecule has 1 aliphatic heterocycles. The lowest BCUT2D eigenvalue weighted by atomic mass is 10.1. The number of carbonyl (C=O) groups excluding carboxylic acids is 4. The molecule has 0 aromatic heterocycles. The summed E-state index contributed by atoms with van der Waals surface area (Å²) in [6.07, 6.45) is 3.68. The molecular weight excluding hydrogens is 666 g/mol. The molecule has 0 bridgehead atoms. The predicted octanol–water partition coefficient (Wildman–Crippen LogP) is 7.46. The van der Waals surface area contributed by atoms with Gasteiger partial charge in [-0.1, -0.05) is 59.6 Å². The highest BCUT2D eigenvalue weighted by Crippen LogP contribution is 2.35. The maximum absolute atomic E-state index is 13.3. The molecule has 0 aliphatic carbocycles.